The number of pyridine rings is 1. The summed E-state index contributed by atoms with van der Waals surface area (Å²) in [4.78, 5) is 17.5. The smallest absolute Gasteiger partial charge is 0.264 e. The number of aromatic nitrogens is 7. The van der Waals surface area contributed by atoms with Gasteiger partial charge in [0.1, 0.15) is 6.54 Å². The number of amides is 1. The van der Waals surface area contributed by atoms with Crippen LogP contribution in [0.15, 0.2) is 73.3 Å². The first-order valence-corrected chi connectivity index (χ1v) is 12.3. The van der Waals surface area contributed by atoms with Crippen molar-refractivity contribution in [3.8, 4) is 11.3 Å². The van der Waals surface area contributed by atoms with Crippen LogP contribution in [0.5, 0.6) is 0 Å². The predicted molar refractivity (Wildman–Crippen MR) is 143 cm³/mol. The zero-order valence-corrected chi connectivity index (χ0v) is 21.2. The quantitative estimate of drug-likeness (QED) is 0.312. The number of anilines is 1. The van der Waals surface area contributed by atoms with Crippen LogP contribution in [0.4, 0.5) is 14.5 Å². The van der Waals surface area contributed by atoms with Crippen LogP contribution >= 0.6 is 0 Å². The Morgan fingerprint density at radius 2 is 1.87 bits per heavy atom. The van der Waals surface area contributed by atoms with Gasteiger partial charge in [0.05, 0.1) is 41.4 Å². The van der Waals surface area contributed by atoms with Crippen LogP contribution in [0.2, 0.25) is 0 Å². The highest BCUT2D eigenvalue weighted by Gasteiger charge is 2.22. The Kier molecular flexibility index (Phi) is 6.10. The second-order valence-electron chi connectivity index (χ2n) is 9.35. The van der Waals surface area contributed by atoms with Crippen LogP contribution in [0, 0.1) is 6.92 Å². The van der Waals surface area contributed by atoms with E-state index in [4.69, 9.17) is 0 Å². The van der Waals surface area contributed by atoms with Gasteiger partial charge in [0.2, 0.25) is 5.91 Å². The van der Waals surface area contributed by atoms with Crippen molar-refractivity contribution in [3.05, 3.63) is 90.1 Å². The van der Waals surface area contributed by atoms with Gasteiger partial charge in [-0.2, -0.15) is 15.3 Å². The summed E-state index contributed by atoms with van der Waals surface area (Å²) in [5.74, 6) is -0.378. The normalized spacial score (nSPS) is 11.6. The topological polar surface area (TPSA) is 95.5 Å². The van der Waals surface area contributed by atoms with E-state index in [-0.39, 0.29) is 29.0 Å². The van der Waals surface area contributed by atoms with E-state index in [1.54, 1.807) is 48.1 Å². The summed E-state index contributed by atoms with van der Waals surface area (Å²) in [5, 5.41) is 18.2. The summed E-state index contributed by atoms with van der Waals surface area (Å²) in [6.07, 6.45) is 3.84. The first kappa shape index (κ1) is 24.4. The molecule has 1 N–H and O–H groups in total. The van der Waals surface area contributed by atoms with Gasteiger partial charge in [0.15, 0.2) is 5.65 Å². The molecule has 0 aliphatic heterocycles. The minimum absolute atomic E-state index is 0.183. The molecule has 0 aliphatic rings. The number of alkyl halides is 2. The number of nitrogens with one attached hydrogen (secondary N) is 1. The number of hydrogen-bond donors (Lipinski definition) is 1. The van der Waals surface area contributed by atoms with Crippen LogP contribution in [0.25, 0.3) is 33.1 Å². The molecule has 0 radical (unpaired) electrons. The second-order valence-corrected chi connectivity index (χ2v) is 9.35. The summed E-state index contributed by atoms with van der Waals surface area (Å²) >= 11 is 0. The van der Waals surface area contributed by atoms with Crippen molar-refractivity contribution in [1.29, 1.82) is 0 Å². The Bertz CT molecular complexity index is 1830. The maximum absolute atomic E-state index is 14.0. The van der Waals surface area contributed by atoms with Gasteiger partial charge in [-0.15, -0.1) is 0 Å². The molecule has 1 amide bonds. The fraction of sp³-hybridized carbons (Fsp3) is 0.179. The molecule has 2 aromatic carbocycles. The van der Waals surface area contributed by atoms with Gasteiger partial charge in [-0.1, -0.05) is 42.5 Å². The molecule has 0 bridgehead atoms. The third-order valence-electron chi connectivity index (χ3n) is 6.57. The summed E-state index contributed by atoms with van der Waals surface area (Å²) in [5.41, 5.74) is 2.96. The molecule has 39 heavy (non-hydrogen) atoms. The summed E-state index contributed by atoms with van der Waals surface area (Å²) in [7, 11) is 1.74. The summed E-state index contributed by atoms with van der Waals surface area (Å²) < 4.78 is 32.7. The highest BCUT2D eigenvalue weighted by atomic mass is 19.3. The number of benzene rings is 2. The van der Waals surface area contributed by atoms with Crippen molar-refractivity contribution >= 4 is 33.4 Å². The molecule has 0 spiro atoms. The molecule has 11 heteroatoms. The van der Waals surface area contributed by atoms with E-state index in [1.807, 2.05) is 24.3 Å². The SMILES string of the molecule is Cc1nn(CC(=O)Nc2cnn(Cc3cccc4ccccc34)c2)c2nc(-c3cnn(C)c3)cc(C(F)F)c12. The molecule has 6 rings (SSSR count). The lowest BCUT2D eigenvalue weighted by Crippen LogP contribution is -2.19. The molecule has 6 aromatic rings. The molecule has 0 fully saturated rings. The molecule has 0 aliphatic carbocycles. The Labute approximate surface area is 221 Å². The lowest BCUT2D eigenvalue weighted by atomic mass is 10.0. The monoisotopic (exact) mass is 526 g/mol. The minimum Gasteiger partial charge on any atom is -0.322 e. The number of rotatable bonds is 7. The van der Waals surface area contributed by atoms with Crippen molar-refractivity contribution in [2.75, 3.05) is 5.32 Å². The number of carbonyl (C=O) groups is 1. The fourth-order valence-corrected chi connectivity index (χ4v) is 4.83. The third-order valence-corrected chi connectivity index (χ3v) is 6.57. The molecule has 0 saturated heterocycles. The van der Waals surface area contributed by atoms with E-state index in [0.717, 1.165) is 16.3 Å². The molecular weight excluding hydrogens is 502 g/mol. The van der Waals surface area contributed by atoms with Crippen LogP contribution in [0.3, 0.4) is 0 Å². The molecule has 0 saturated carbocycles. The van der Waals surface area contributed by atoms with Crippen molar-refractivity contribution in [3.63, 3.8) is 0 Å². The average Bonchev–Trinajstić information content (AvgIpc) is 3.63. The number of halogens is 2. The zero-order chi connectivity index (χ0) is 27.1. The lowest BCUT2D eigenvalue weighted by Gasteiger charge is -2.08. The highest BCUT2D eigenvalue weighted by molar-refractivity contribution is 5.92. The number of aryl methyl sites for hydroxylation is 2. The average molecular weight is 527 g/mol. The first-order chi connectivity index (χ1) is 18.9. The van der Waals surface area contributed by atoms with Gasteiger partial charge in [0, 0.05) is 30.6 Å². The fourth-order valence-electron chi connectivity index (χ4n) is 4.83. The van der Waals surface area contributed by atoms with Crippen molar-refractivity contribution < 1.29 is 13.6 Å². The van der Waals surface area contributed by atoms with Crippen LogP contribution < -0.4 is 5.32 Å². The Hall–Kier alpha value is -4.93. The maximum Gasteiger partial charge on any atom is 0.264 e. The molecule has 196 valence electrons. The van der Waals surface area contributed by atoms with Gasteiger partial charge >= 0.3 is 0 Å². The largest absolute Gasteiger partial charge is 0.322 e. The van der Waals surface area contributed by atoms with Gasteiger partial charge < -0.3 is 5.32 Å². The molecule has 0 unspecified atom stereocenters. The van der Waals surface area contributed by atoms with Crippen molar-refractivity contribution in [1.82, 2.24) is 34.3 Å². The standard InChI is InChI=1S/C28H24F2N8O/c1-17-26-23(27(29)30)10-24(20-11-31-36(2)13-20)34-28(26)38(35-17)16-25(39)33-21-12-32-37(15-21)14-19-8-5-7-18-6-3-4-9-22(18)19/h3-13,15,27H,14,16H2,1-2H3,(H,33,39). The number of fused-ring (bicyclic) bond motifs is 2. The van der Waals surface area contributed by atoms with Gasteiger partial charge in [0.25, 0.3) is 6.43 Å². The van der Waals surface area contributed by atoms with E-state index in [2.05, 4.69) is 43.8 Å². The van der Waals surface area contributed by atoms with Crippen molar-refractivity contribution in [2.24, 2.45) is 7.05 Å². The predicted octanol–water partition coefficient (Wildman–Crippen LogP) is 5.11. The number of nitrogens with zero attached hydrogens (tertiary/aromatic N) is 7. The Balaban J connectivity index is 1.24. The first-order valence-electron chi connectivity index (χ1n) is 12.3. The highest BCUT2D eigenvalue weighted by Crippen LogP contribution is 2.33. The van der Waals surface area contributed by atoms with E-state index >= 15 is 0 Å². The van der Waals surface area contributed by atoms with Gasteiger partial charge in [-0.25, -0.2) is 18.4 Å². The molecular formula is C28H24F2N8O. The third kappa shape index (κ3) is 4.74. The maximum atomic E-state index is 14.0. The number of hydrogen-bond acceptors (Lipinski definition) is 5. The zero-order valence-electron chi connectivity index (χ0n) is 21.2. The Morgan fingerprint density at radius 1 is 1.05 bits per heavy atom. The minimum atomic E-state index is -2.73. The second kappa shape index (κ2) is 9.75. The van der Waals surface area contributed by atoms with E-state index in [0.29, 0.717) is 29.2 Å². The van der Waals surface area contributed by atoms with E-state index in [9.17, 15) is 13.6 Å². The molecule has 4 heterocycles. The molecule has 9 nitrogen and oxygen atoms in total. The van der Waals surface area contributed by atoms with Gasteiger partial charge in [-0.05, 0) is 29.3 Å². The summed E-state index contributed by atoms with van der Waals surface area (Å²) in [6.45, 7) is 1.97. The lowest BCUT2D eigenvalue weighted by molar-refractivity contribution is -0.116. The van der Waals surface area contributed by atoms with E-state index in [1.165, 1.54) is 10.7 Å². The van der Waals surface area contributed by atoms with Crippen LogP contribution in [0.1, 0.15) is 23.2 Å². The van der Waals surface area contributed by atoms with Crippen molar-refractivity contribution in [2.45, 2.75) is 26.4 Å². The number of carbonyl (C=O) groups excluding carboxylic acids is 1. The van der Waals surface area contributed by atoms with Crippen LogP contribution in [-0.2, 0) is 24.9 Å². The molecule has 0 atom stereocenters. The van der Waals surface area contributed by atoms with E-state index < -0.39 is 6.43 Å². The molecule has 4 aromatic heterocycles. The summed E-state index contributed by atoms with van der Waals surface area (Å²) in [6, 6.07) is 15.6. The Morgan fingerprint density at radius 3 is 2.67 bits per heavy atom. The van der Waals surface area contributed by atoms with Crippen LogP contribution in [-0.4, -0.2) is 40.2 Å². The van der Waals surface area contributed by atoms with Gasteiger partial charge in [-0.3, -0.25) is 14.2 Å².